The average Bonchev–Trinajstić information content (AvgIpc) is 2.35. The maximum atomic E-state index is 5.94. The second kappa shape index (κ2) is 8.04. The van der Waals surface area contributed by atoms with Gasteiger partial charge >= 0.3 is 0 Å². The monoisotopic (exact) mass is 228 g/mol. The topological polar surface area (TPSA) is 24.5 Å². The summed E-state index contributed by atoms with van der Waals surface area (Å²) >= 11 is 0. The molecule has 1 rings (SSSR count). The van der Waals surface area contributed by atoms with Crippen LogP contribution in [0.3, 0.4) is 0 Å². The molecule has 0 unspecified atom stereocenters. The third-order valence-electron chi connectivity index (χ3n) is 3.74. The first kappa shape index (κ1) is 13.9. The van der Waals surface area contributed by atoms with Crippen molar-refractivity contribution in [3.05, 3.63) is 0 Å². The first-order chi connectivity index (χ1) is 7.80. The van der Waals surface area contributed by atoms with Crippen LogP contribution in [0.15, 0.2) is 0 Å². The zero-order valence-electron chi connectivity index (χ0n) is 11.2. The molecule has 0 heterocycles. The molecule has 1 fully saturated rings. The van der Waals surface area contributed by atoms with E-state index in [1.165, 1.54) is 25.7 Å². The van der Waals surface area contributed by atoms with Gasteiger partial charge in [0.15, 0.2) is 0 Å². The molecule has 3 heteroatoms. The maximum Gasteiger partial charge on any atom is 0.0597 e. The van der Waals surface area contributed by atoms with Gasteiger partial charge in [0.25, 0.3) is 0 Å². The van der Waals surface area contributed by atoms with E-state index in [4.69, 9.17) is 4.74 Å². The van der Waals surface area contributed by atoms with Crippen molar-refractivity contribution in [2.75, 3.05) is 33.3 Å². The number of ether oxygens (including phenoxy) is 1. The smallest absolute Gasteiger partial charge is 0.0597 e. The van der Waals surface area contributed by atoms with Gasteiger partial charge in [0.2, 0.25) is 0 Å². The first-order valence-electron chi connectivity index (χ1n) is 6.81. The number of nitrogens with one attached hydrogen (secondary N) is 1. The quantitative estimate of drug-likeness (QED) is 0.720. The molecule has 96 valence electrons. The largest absolute Gasteiger partial charge is 0.377 e. The molecule has 1 aliphatic carbocycles. The Morgan fingerprint density at radius 3 is 2.25 bits per heavy atom. The summed E-state index contributed by atoms with van der Waals surface area (Å²) < 4.78 is 5.94. The summed E-state index contributed by atoms with van der Waals surface area (Å²) in [5.41, 5.74) is 0. The number of rotatable bonds is 7. The van der Waals surface area contributed by atoms with Crippen LogP contribution in [0.25, 0.3) is 0 Å². The summed E-state index contributed by atoms with van der Waals surface area (Å²) in [6, 6.07) is 0.725. The van der Waals surface area contributed by atoms with Gasteiger partial charge in [0.1, 0.15) is 0 Å². The molecular weight excluding hydrogens is 200 g/mol. The third kappa shape index (κ3) is 4.81. The number of likely N-dealkylation sites (N-methyl/N-ethyl adjacent to an activating group) is 1. The highest BCUT2D eigenvalue weighted by Crippen LogP contribution is 2.20. The summed E-state index contributed by atoms with van der Waals surface area (Å²) in [5, 5.41) is 3.35. The van der Waals surface area contributed by atoms with Crippen LogP contribution >= 0.6 is 0 Å². The fraction of sp³-hybridized carbons (Fsp3) is 1.00. The van der Waals surface area contributed by atoms with E-state index >= 15 is 0 Å². The lowest BCUT2D eigenvalue weighted by Gasteiger charge is -2.29. The van der Waals surface area contributed by atoms with E-state index in [0.717, 1.165) is 32.3 Å². The van der Waals surface area contributed by atoms with Crippen LogP contribution in [-0.4, -0.2) is 50.3 Å². The Labute approximate surface area is 101 Å². The molecule has 1 N–H and O–H groups in total. The van der Waals surface area contributed by atoms with Crippen molar-refractivity contribution in [3.63, 3.8) is 0 Å². The van der Waals surface area contributed by atoms with E-state index in [9.17, 15) is 0 Å². The van der Waals surface area contributed by atoms with Gasteiger partial charge < -0.3 is 15.0 Å². The first-order valence-corrected chi connectivity index (χ1v) is 6.81. The summed E-state index contributed by atoms with van der Waals surface area (Å²) in [7, 11) is 2.06. The molecule has 0 aromatic carbocycles. The highest BCUT2D eigenvalue weighted by Gasteiger charge is 2.20. The van der Waals surface area contributed by atoms with Crippen molar-refractivity contribution in [2.45, 2.75) is 51.7 Å². The van der Waals surface area contributed by atoms with Crippen LogP contribution in [0.4, 0.5) is 0 Å². The van der Waals surface area contributed by atoms with Crippen LogP contribution in [0, 0.1) is 0 Å². The van der Waals surface area contributed by atoms with Crippen molar-refractivity contribution in [1.82, 2.24) is 10.2 Å². The van der Waals surface area contributed by atoms with Crippen LogP contribution in [-0.2, 0) is 4.74 Å². The SMILES string of the molecule is CCN(CC)CCOC1CCC(NC)CC1. The Morgan fingerprint density at radius 1 is 1.12 bits per heavy atom. The van der Waals surface area contributed by atoms with E-state index < -0.39 is 0 Å². The average molecular weight is 228 g/mol. The molecule has 0 atom stereocenters. The van der Waals surface area contributed by atoms with Gasteiger partial charge in [-0.2, -0.15) is 0 Å². The van der Waals surface area contributed by atoms with Gasteiger partial charge in [-0.25, -0.2) is 0 Å². The fourth-order valence-electron chi connectivity index (χ4n) is 2.41. The minimum absolute atomic E-state index is 0.514. The van der Waals surface area contributed by atoms with Crippen LogP contribution in [0.1, 0.15) is 39.5 Å². The lowest BCUT2D eigenvalue weighted by atomic mass is 9.93. The van der Waals surface area contributed by atoms with E-state index in [1.807, 2.05) is 0 Å². The molecular formula is C13H28N2O. The fourth-order valence-corrected chi connectivity index (χ4v) is 2.41. The Kier molecular flexibility index (Phi) is 7.01. The van der Waals surface area contributed by atoms with E-state index in [1.54, 1.807) is 0 Å². The zero-order valence-corrected chi connectivity index (χ0v) is 11.2. The molecule has 3 nitrogen and oxygen atoms in total. The van der Waals surface area contributed by atoms with Crippen LogP contribution in [0.2, 0.25) is 0 Å². The molecule has 0 spiro atoms. The molecule has 1 aliphatic rings. The molecule has 0 aliphatic heterocycles. The minimum Gasteiger partial charge on any atom is -0.377 e. The Morgan fingerprint density at radius 2 is 1.75 bits per heavy atom. The molecule has 1 saturated carbocycles. The van der Waals surface area contributed by atoms with E-state index in [0.29, 0.717) is 6.10 Å². The number of hydrogen-bond donors (Lipinski definition) is 1. The van der Waals surface area contributed by atoms with Gasteiger partial charge in [0, 0.05) is 12.6 Å². The van der Waals surface area contributed by atoms with Crippen LogP contribution in [0.5, 0.6) is 0 Å². The van der Waals surface area contributed by atoms with Gasteiger partial charge in [-0.3, -0.25) is 0 Å². The van der Waals surface area contributed by atoms with E-state index in [2.05, 4.69) is 31.1 Å². The highest BCUT2D eigenvalue weighted by molar-refractivity contribution is 4.76. The van der Waals surface area contributed by atoms with Crippen molar-refractivity contribution >= 4 is 0 Å². The van der Waals surface area contributed by atoms with E-state index in [-0.39, 0.29) is 0 Å². The molecule has 0 radical (unpaired) electrons. The predicted molar refractivity (Wildman–Crippen MR) is 68.8 cm³/mol. The number of nitrogens with zero attached hydrogens (tertiary/aromatic N) is 1. The van der Waals surface area contributed by atoms with Crippen molar-refractivity contribution < 1.29 is 4.74 Å². The second-order valence-corrected chi connectivity index (χ2v) is 4.66. The van der Waals surface area contributed by atoms with Gasteiger partial charge in [-0.15, -0.1) is 0 Å². The van der Waals surface area contributed by atoms with Crippen molar-refractivity contribution in [1.29, 1.82) is 0 Å². The molecule has 16 heavy (non-hydrogen) atoms. The van der Waals surface area contributed by atoms with Gasteiger partial charge in [-0.05, 0) is 45.8 Å². The summed E-state index contributed by atoms with van der Waals surface area (Å²) in [5.74, 6) is 0. The van der Waals surface area contributed by atoms with Crippen molar-refractivity contribution in [3.8, 4) is 0 Å². The molecule has 0 aromatic heterocycles. The third-order valence-corrected chi connectivity index (χ3v) is 3.74. The van der Waals surface area contributed by atoms with Gasteiger partial charge in [0.05, 0.1) is 12.7 Å². The molecule has 0 amide bonds. The molecule has 0 bridgehead atoms. The van der Waals surface area contributed by atoms with Gasteiger partial charge in [-0.1, -0.05) is 13.8 Å². The normalized spacial score (nSPS) is 26.2. The zero-order chi connectivity index (χ0) is 11.8. The van der Waals surface area contributed by atoms with Crippen molar-refractivity contribution in [2.24, 2.45) is 0 Å². The Balaban J connectivity index is 2.06. The predicted octanol–water partition coefficient (Wildman–Crippen LogP) is 1.88. The number of hydrogen-bond acceptors (Lipinski definition) is 3. The Hall–Kier alpha value is -0.120. The second-order valence-electron chi connectivity index (χ2n) is 4.66. The lowest BCUT2D eigenvalue weighted by molar-refractivity contribution is 0.0127. The Bertz CT molecular complexity index is 163. The van der Waals surface area contributed by atoms with Crippen LogP contribution < -0.4 is 5.32 Å². The molecule has 0 saturated heterocycles. The standard InChI is InChI=1S/C13H28N2O/c1-4-15(5-2)10-11-16-13-8-6-12(14-3)7-9-13/h12-14H,4-11H2,1-3H3. The highest BCUT2D eigenvalue weighted by atomic mass is 16.5. The summed E-state index contributed by atoms with van der Waals surface area (Å²) in [6.07, 6.45) is 5.51. The summed E-state index contributed by atoms with van der Waals surface area (Å²) in [4.78, 5) is 2.42. The minimum atomic E-state index is 0.514. The lowest BCUT2D eigenvalue weighted by Crippen LogP contribution is -2.34. The maximum absolute atomic E-state index is 5.94. The summed E-state index contributed by atoms with van der Waals surface area (Å²) in [6.45, 7) is 8.66. The molecule has 0 aromatic rings.